The zero-order valence-electron chi connectivity index (χ0n) is 20.6. The van der Waals surface area contributed by atoms with Gasteiger partial charge in [0.05, 0.1) is 12.8 Å². The van der Waals surface area contributed by atoms with E-state index in [0.29, 0.717) is 24.5 Å². The first kappa shape index (κ1) is 23.1. The van der Waals surface area contributed by atoms with Crippen LogP contribution in [0.4, 0.5) is 11.5 Å². The number of carbonyl (C=O) groups excluding carboxylic acids is 1. The second-order valence-corrected chi connectivity index (χ2v) is 9.85. The van der Waals surface area contributed by atoms with Gasteiger partial charge in [-0.15, -0.1) is 0 Å². The maximum atomic E-state index is 13.7. The van der Waals surface area contributed by atoms with Crippen LogP contribution < -0.4 is 9.64 Å². The van der Waals surface area contributed by atoms with Crippen molar-refractivity contribution in [2.24, 2.45) is 0 Å². The Labute approximate surface area is 206 Å². The van der Waals surface area contributed by atoms with E-state index in [4.69, 9.17) is 11.3 Å². The molecule has 1 saturated carbocycles. The zero-order valence-corrected chi connectivity index (χ0v) is 20.6. The average molecular weight is 470 g/mol. The quantitative estimate of drug-likeness (QED) is 0.477. The van der Waals surface area contributed by atoms with Gasteiger partial charge in [-0.2, -0.15) is 4.68 Å². The minimum atomic E-state index is -0.124. The number of fused-ring (bicyclic) bond motifs is 1. The Morgan fingerprint density at radius 2 is 1.71 bits per heavy atom. The highest BCUT2D eigenvalue weighted by molar-refractivity contribution is 6.08. The number of methoxy groups -OCH3 is 1. The SMILES string of the molecule is [C-]#[N+]c1nn(-c2ccc(OC)cc2)c2c1CCN(c1ccc(C3(CN(C)C)CCCC3)cc1)C2=O. The molecule has 3 aromatic rings. The standard InChI is InChI=1S/C28H31N5O2/c1-29-26-24-15-18-32(27(34)25(24)33(30-26)22-11-13-23(35-4)14-12-22)21-9-7-20(8-10-21)28(19-31(2)3)16-5-6-17-28/h7-14H,5-6,15-19H2,2-4H3. The largest absolute Gasteiger partial charge is 0.497 e. The summed E-state index contributed by atoms with van der Waals surface area (Å²) in [7, 11) is 5.90. The van der Waals surface area contributed by atoms with E-state index in [-0.39, 0.29) is 11.3 Å². The molecule has 0 unspecified atom stereocenters. The molecule has 7 heteroatoms. The van der Waals surface area contributed by atoms with Crippen LogP contribution >= 0.6 is 0 Å². The molecular weight excluding hydrogens is 438 g/mol. The molecule has 5 rings (SSSR count). The molecule has 180 valence electrons. The number of nitrogens with zero attached hydrogens (tertiary/aromatic N) is 5. The van der Waals surface area contributed by atoms with Gasteiger partial charge in [-0.25, -0.2) is 0 Å². The Hall–Kier alpha value is -3.63. The number of likely N-dealkylation sites (N-methyl/N-ethyl adjacent to an activating group) is 1. The lowest BCUT2D eigenvalue weighted by atomic mass is 9.78. The Kier molecular flexibility index (Phi) is 6.08. The minimum absolute atomic E-state index is 0.124. The van der Waals surface area contributed by atoms with Gasteiger partial charge in [0.1, 0.15) is 11.4 Å². The number of hydrogen-bond donors (Lipinski definition) is 0. The second kappa shape index (κ2) is 9.20. The number of amides is 1. The Morgan fingerprint density at radius 1 is 1.06 bits per heavy atom. The van der Waals surface area contributed by atoms with E-state index in [2.05, 4.69) is 53.2 Å². The number of hydrogen-bond acceptors (Lipinski definition) is 4. The predicted molar refractivity (Wildman–Crippen MR) is 137 cm³/mol. The molecule has 0 N–H and O–H groups in total. The third kappa shape index (κ3) is 4.08. The molecule has 2 aliphatic rings. The van der Waals surface area contributed by atoms with Crippen molar-refractivity contribution in [1.82, 2.24) is 14.7 Å². The van der Waals surface area contributed by atoms with Crippen LogP contribution in [-0.4, -0.2) is 54.9 Å². The van der Waals surface area contributed by atoms with Crippen LogP contribution in [0.25, 0.3) is 10.5 Å². The van der Waals surface area contributed by atoms with Crippen molar-refractivity contribution in [2.75, 3.05) is 39.2 Å². The molecule has 2 aromatic carbocycles. The smallest absolute Gasteiger partial charge is 0.300 e. The maximum Gasteiger partial charge on any atom is 0.300 e. The Balaban J connectivity index is 1.47. The molecule has 0 atom stereocenters. The Morgan fingerprint density at radius 3 is 2.31 bits per heavy atom. The first-order valence-electron chi connectivity index (χ1n) is 12.2. The topological polar surface area (TPSA) is 55.0 Å². The van der Waals surface area contributed by atoms with E-state index in [9.17, 15) is 4.79 Å². The molecule has 1 aromatic heterocycles. The number of ether oxygens (including phenoxy) is 1. The van der Waals surface area contributed by atoms with Gasteiger partial charge in [-0.1, -0.05) is 31.5 Å². The molecule has 2 heterocycles. The van der Waals surface area contributed by atoms with Gasteiger partial charge >= 0.3 is 0 Å². The summed E-state index contributed by atoms with van der Waals surface area (Å²) in [5.74, 6) is 0.898. The predicted octanol–water partition coefficient (Wildman–Crippen LogP) is 5.01. The number of aromatic nitrogens is 2. The molecule has 0 spiro atoms. The van der Waals surface area contributed by atoms with E-state index in [0.717, 1.165) is 29.2 Å². The second-order valence-electron chi connectivity index (χ2n) is 9.85. The van der Waals surface area contributed by atoms with Crippen LogP contribution in [0.1, 0.15) is 47.3 Å². The van der Waals surface area contributed by atoms with Crippen LogP contribution in [0.5, 0.6) is 5.75 Å². The van der Waals surface area contributed by atoms with Crippen molar-refractivity contribution in [2.45, 2.75) is 37.5 Å². The number of carbonyl (C=O) groups is 1. The van der Waals surface area contributed by atoms with Gasteiger partial charge in [0.15, 0.2) is 0 Å². The van der Waals surface area contributed by atoms with Crippen LogP contribution in [-0.2, 0) is 11.8 Å². The first-order valence-corrected chi connectivity index (χ1v) is 12.2. The van der Waals surface area contributed by atoms with Crippen LogP contribution in [0.3, 0.4) is 0 Å². The summed E-state index contributed by atoms with van der Waals surface area (Å²) >= 11 is 0. The van der Waals surface area contributed by atoms with Crippen molar-refractivity contribution in [3.63, 3.8) is 0 Å². The molecule has 0 radical (unpaired) electrons. The Bertz CT molecular complexity index is 1260. The van der Waals surface area contributed by atoms with Crippen molar-refractivity contribution >= 4 is 17.4 Å². The fourth-order valence-corrected chi connectivity index (χ4v) is 5.78. The van der Waals surface area contributed by atoms with E-state index in [1.165, 1.54) is 31.2 Å². The van der Waals surface area contributed by atoms with Crippen molar-refractivity contribution in [3.05, 3.63) is 76.8 Å². The fourth-order valence-electron chi connectivity index (χ4n) is 5.78. The van der Waals surface area contributed by atoms with Gasteiger partial charge in [0.2, 0.25) is 0 Å². The molecule has 7 nitrogen and oxygen atoms in total. The lowest BCUT2D eigenvalue weighted by Crippen LogP contribution is -2.39. The fraction of sp³-hybridized carbons (Fsp3) is 0.393. The summed E-state index contributed by atoms with van der Waals surface area (Å²) in [5.41, 5.74) is 4.36. The summed E-state index contributed by atoms with van der Waals surface area (Å²) in [4.78, 5) is 21.4. The summed E-state index contributed by atoms with van der Waals surface area (Å²) in [6.07, 6.45) is 5.54. The van der Waals surface area contributed by atoms with Crippen molar-refractivity contribution < 1.29 is 9.53 Å². The normalized spacial score (nSPS) is 16.9. The summed E-state index contributed by atoms with van der Waals surface area (Å²) in [6, 6.07) is 15.9. The molecule has 0 saturated heterocycles. The summed E-state index contributed by atoms with van der Waals surface area (Å²) < 4.78 is 6.87. The molecule has 1 aliphatic carbocycles. The van der Waals surface area contributed by atoms with Crippen LogP contribution in [0.2, 0.25) is 0 Å². The number of anilines is 1. The first-order chi connectivity index (χ1) is 17.0. The van der Waals surface area contributed by atoms with Crippen molar-refractivity contribution in [1.29, 1.82) is 0 Å². The van der Waals surface area contributed by atoms with E-state index in [1.807, 2.05) is 29.2 Å². The highest BCUT2D eigenvalue weighted by Crippen LogP contribution is 2.42. The molecule has 1 amide bonds. The average Bonchev–Trinajstić information content (AvgIpc) is 3.50. The van der Waals surface area contributed by atoms with E-state index >= 15 is 0 Å². The monoisotopic (exact) mass is 469 g/mol. The van der Waals surface area contributed by atoms with Crippen LogP contribution in [0, 0.1) is 6.57 Å². The maximum absolute atomic E-state index is 13.7. The molecule has 1 aliphatic heterocycles. The van der Waals surface area contributed by atoms with Crippen molar-refractivity contribution in [3.8, 4) is 11.4 Å². The highest BCUT2D eigenvalue weighted by atomic mass is 16.5. The summed E-state index contributed by atoms with van der Waals surface area (Å²) in [6.45, 7) is 9.15. The molecule has 0 bridgehead atoms. The lowest BCUT2D eigenvalue weighted by Gasteiger charge is -2.33. The van der Waals surface area contributed by atoms with Gasteiger partial charge < -0.3 is 19.4 Å². The third-order valence-corrected chi connectivity index (χ3v) is 7.39. The van der Waals surface area contributed by atoms with Gasteiger partial charge in [0, 0.05) is 29.8 Å². The highest BCUT2D eigenvalue weighted by Gasteiger charge is 2.37. The number of rotatable bonds is 6. The van der Waals surface area contributed by atoms with E-state index in [1.54, 1.807) is 11.8 Å². The third-order valence-electron chi connectivity index (χ3n) is 7.39. The zero-order chi connectivity index (χ0) is 24.6. The minimum Gasteiger partial charge on any atom is -0.497 e. The van der Waals surface area contributed by atoms with Gasteiger partial charge in [-0.3, -0.25) is 4.79 Å². The molecule has 35 heavy (non-hydrogen) atoms. The molecule has 1 fully saturated rings. The van der Waals surface area contributed by atoms with Gasteiger partial charge in [0.25, 0.3) is 11.7 Å². The number of benzene rings is 2. The lowest BCUT2D eigenvalue weighted by molar-refractivity contribution is 0.0973. The van der Waals surface area contributed by atoms with Gasteiger partial charge in [-0.05, 0) is 80.4 Å². The van der Waals surface area contributed by atoms with E-state index < -0.39 is 0 Å². The molecular formula is C28H31N5O2. The van der Waals surface area contributed by atoms with Crippen LogP contribution in [0.15, 0.2) is 48.5 Å². The summed E-state index contributed by atoms with van der Waals surface area (Å²) in [5, 5.41) is 4.49.